The molecule has 0 aliphatic carbocycles. The molecule has 1 N–H and O–H groups in total. The zero-order valence-corrected chi connectivity index (χ0v) is 7.90. The van der Waals surface area contributed by atoms with E-state index in [4.69, 9.17) is 0 Å². The molecule has 1 nitrogen and oxygen atoms in total. The predicted octanol–water partition coefficient (Wildman–Crippen LogP) is 3.08. The van der Waals surface area contributed by atoms with Crippen molar-refractivity contribution in [2.24, 2.45) is 0 Å². The van der Waals surface area contributed by atoms with Gasteiger partial charge in [0, 0.05) is 6.54 Å². The van der Waals surface area contributed by atoms with E-state index in [1.807, 2.05) is 0 Å². The second-order valence-corrected chi connectivity index (χ2v) is 2.85. The highest BCUT2D eigenvalue weighted by molar-refractivity contribution is 4.78. The Balaban J connectivity index is 2.91. The molecule has 0 aromatic heterocycles. The van der Waals surface area contributed by atoms with E-state index in [0.717, 1.165) is 6.54 Å². The van der Waals surface area contributed by atoms with Crippen LogP contribution < -0.4 is 5.32 Å². The Labute approximate surface area is 70.9 Å². The van der Waals surface area contributed by atoms with Crippen LogP contribution in [0.25, 0.3) is 0 Å². The van der Waals surface area contributed by atoms with Gasteiger partial charge >= 0.3 is 0 Å². The summed E-state index contributed by atoms with van der Waals surface area (Å²) in [6.07, 6.45) is 10.7. The van der Waals surface area contributed by atoms with Gasteiger partial charge in [-0.1, -0.05) is 39.2 Å². The van der Waals surface area contributed by atoms with Crippen molar-refractivity contribution in [2.75, 3.05) is 6.54 Å². The maximum absolute atomic E-state index is 3.26. The van der Waals surface area contributed by atoms with E-state index in [2.05, 4.69) is 31.4 Å². The number of nitrogens with one attached hydrogen (secondary N) is 1. The lowest BCUT2D eigenvalue weighted by Crippen LogP contribution is -2.05. The van der Waals surface area contributed by atoms with Gasteiger partial charge in [0.25, 0.3) is 0 Å². The van der Waals surface area contributed by atoms with Crippen LogP contribution in [0.15, 0.2) is 12.3 Å². The Kier molecular flexibility index (Phi) is 9.14. The number of hydrogen-bond acceptors (Lipinski definition) is 1. The van der Waals surface area contributed by atoms with Crippen molar-refractivity contribution < 1.29 is 0 Å². The summed E-state index contributed by atoms with van der Waals surface area (Å²) in [6, 6.07) is 0. The summed E-state index contributed by atoms with van der Waals surface area (Å²) in [7, 11) is 0. The van der Waals surface area contributed by atoms with Crippen molar-refractivity contribution in [3.63, 3.8) is 0 Å². The van der Waals surface area contributed by atoms with Crippen molar-refractivity contribution in [2.45, 2.75) is 46.0 Å². The van der Waals surface area contributed by atoms with Gasteiger partial charge in [-0.05, 0) is 19.0 Å². The molecule has 0 unspecified atom stereocenters. The third-order valence-corrected chi connectivity index (χ3v) is 1.63. The second kappa shape index (κ2) is 9.54. The highest BCUT2D eigenvalue weighted by Crippen LogP contribution is 1.93. The van der Waals surface area contributed by atoms with Gasteiger partial charge in [0.1, 0.15) is 0 Å². The maximum Gasteiger partial charge on any atom is 0.0141 e. The van der Waals surface area contributed by atoms with Gasteiger partial charge in [-0.25, -0.2) is 0 Å². The monoisotopic (exact) mass is 155 g/mol. The molecule has 0 aliphatic rings. The Morgan fingerprint density at radius 3 is 2.45 bits per heavy atom. The first kappa shape index (κ1) is 10.5. The van der Waals surface area contributed by atoms with E-state index in [9.17, 15) is 0 Å². The molecule has 0 amide bonds. The standard InChI is InChI=1S/C10H21N/c1-3-5-7-8-10-11-9-6-4-2/h8,10-11H,3-7,9H2,1-2H3/b10-8-. The normalized spacial score (nSPS) is 10.7. The summed E-state index contributed by atoms with van der Waals surface area (Å²) in [5.41, 5.74) is 0. The third-order valence-electron chi connectivity index (χ3n) is 1.63. The first-order valence-corrected chi connectivity index (χ1v) is 4.80. The van der Waals surface area contributed by atoms with Gasteiger partial charge in [-0.3, -0.25) is 0 Å². The van der Waals surface area contributed by atoms with Crippen molar-refractivity contribution >= 4 is 0 Å². The Morgan fingerprint density at radius 1 is 1.09 bits per heavy atom. The molecule has 0 aromatic rings. The zero-order chi connectivity index (χ0) is 8.36. The van der Waals surface area contributed by atoms with Crippen molar-refractivity contribution in [3.05, 3.63) is 12.3 Å². The van der Waals surface area contributed by atoms with Gasteiger partial charge in [-0.15, -0.1) is 0 Å². The van der Waals surface area contributed by atoms with E-state index in [1.165, 1.54) is 32.1 Å². The van der Waals surface area contributed by atoms with Crippen LogP contribution in [0, 0.1) is 0 Å². The molecular weight excluding hydrogens is 134 g/mol. The lowest BCUT2D eigenvalue weighted by molar-refractivity contribution is 0.730. The molecule has 11 heavy (non-hydrogen) atoms. The highest BCUT2D eigenvalue weighted by Gasteiger charge is 1.79. The molecular formula is C10H21N. The molecule has 0 aliphatic heterocycles. The summed E-state index contributed by atoms with van der Waals surface area (Å²) < 4.78 is 0. The number of unbranched alkanes of at least 4 members (excludes halogenated alkanes) is 3. The van der Waals surface area contributed by atoms with Crippen LogP contribution in [-0.4, -0.2) is 6.54 Å². The summed E-state index contributed by atoms with van der Waals surface area (Å²) in [6.45, 7) is 5.56. The molecule has 0 heterocycles. The zero-order valence-electron chi connectivity index (χ0n) is 7.90. The van der Waals surface area contributed by atoms with Gasteiger partial charge in [-0.2, -0.15) is 0 Å². The van der Waals surface area contributed by atoms with Crippen LogP contribution in [-0.2, 0) is 0 Å². The number of hydrogen-bond donors (Lipinski definition) is 1. The topological polar surface area (TPSA) is 12.0 Å². The molecule has 0 spiro atoms. The summed E-state index contributed by atoms with van der Waals surface area (Å²) in [5.74, 6) is 0. The minimum atomic E-state index is 1.12. The van der Waals surface area contributed by atoms with E-state index < -0.39 is 0 Å². The predicted molar refractivity (Wildman–Crippen MR) is 51.6 cm³/mol. The van der Waals surface area contributed by atoms with Crippen LogP contribution in [0.2, 0.25) is 0 Å². The maximum atomic E-state index is 3.26. The van der Waals surface area contributed by atoms with Gasteiger partial charge < -0.3 is 5.32 Å². The largest absolute Gasteiger partial charge is 0.391 e. The Bertz CT molecular complexity index is 86.9. The first-order valence-electron chi connectivity index (χ1n) is 4.80. The molecule has 0 saturated carbocycles. The summed E-state index contributed by atoms with van der Waals surface area (Å²) >= 11 is 0. The quantitative estimate of drug-likeness (QED) is 0.557. The van der Waals surface area contributed by atoms with Crippen LogP contribution >= 0.6 is 0 Å². The van der Waals surface area contributed by atoms with E-state index in [-0.39, 0.29) is 0 Å². The van der Waals surface area contributed by atoms with Gasteiger partial charge in [0.05, 0.1) is 0 Å². The minimum Gasteiger partial charge on any atom is -0.391 e. The van der Waals surface area contributed by atoms with Crippen LogP contribution in [0.1, 0.15) is 46.0 Å². The van der Waals surface area contributed by atoms with E-state index in [0.29, 0.717) is 0 Å². The molecule has 0 fully saturated rings. The average Bonchev–Trinajstić information content (AvgIpc) is 2.03. The molecule has 0 bridgehead atoms. The lowest BCUT2D eigenvalue weighted by atomic mass is 10.2. The molecule has 0 radical (unpaired) electrons. The summed E-state index contributed by atoms with van der Waals surface area (Å²) in [5, 5.41) is 3.26. The van der Waals surface area contributed by atoms with E-state index in [1.54, 1.807) is 0 Å². The fourth-order valence-electron chi connectivity index (χ4n) is 0.851. The highest BCUT2D eigenvalue weighted by atomic mass is 14.8. The van der Waals surface area contributed by atoms with Crippen LogP contribution in [0.3, 0.4) is 0 Å². The van der Waals surface area contributed by atoms with Gasteiger partial charge in [0.15, 0.2) is 0 Å². The molecule has 0 aromatic carbocycles. The second-order valence-electron chi connectivity index (χ2n) is 2.85. The lowest BCUT2D eigenvalue weighted by Gasteiger charge is -1.96. The molecule has 0 rings (SSSR count). The van der Waals surface area contributed by atoms with Crippen molar-refractivity contribution in [3.8, 4) is 0 Å². The first-order chi connectivity index (χ1) is 5.41. The van der Waals surface area contributed by atoms with Crippen LogP contribution in [0.5, 0.6) is 0 Å². The molecule has 66 valence electrons. The Hall–Kier alpha value is -0.460. The van der Waals surface area contributed by atoms with Crippen LogP contribution in [0.4, 0.5) is 0 Å². The third kappa shape index (κ3) is 9.54. The molecule has 1 heteroatoms. The molecule has 0 atom stereocenters. The SMILES string of the molecule is CCCC/C=C\NCCCC. The molecule has 0 saturated heterocycles. The fraction of sp³-hybridized carbons (Fsp3) is 0.800. The van der Waals surface area contributed by atoms with Crippen molar-refractivity contribution in [1.82, 2.24) is 5.32 Å². The number of allylic oxidation sites excluding steroid dienone is 1. The van der Waals surface area contributed by atoms with E-state index >= 15 is 0 Å². The number of rotatable bonds is 7. The van der Waals surface area contributed by atoms with Gasteiger partial charge in [0.2, 0.25) is 0 Å². The average molecular weight is 155 g/mol. The Morgan fingerprint density at radius 2 is 1.82 bits per heavy atom. The fourth-order valence-corrected chi connectivity index (χ4v) is 0.851. The minimum absolute atomic E-state index is 1.12. The van der Waals surface area contributed by atoms with Crippen molar-refractivity contribution in [1.29, 1.82) is 0 Å². The summed E-state index contributed by atoms with van der Waals surface area (Å²) in [4.78, 5) is 0. The smallest absolute Gasteiger partial charge is 0.0141 e.